The second-order valence-corrected chi connectivity index (χ2v) is 5.74. The molecule has 0 unspecified atom stereocenters. The van der Waals surface area contributed by atoms with Gasteiger partial charge in [0.2, 0.25) is 0 Å². The number of terminal acetylenes is 1. The van der Waals surface area contributed by atoms with Gasteiger partial charge in [0.1, 0.15) is 0 Å². The molecule has 0 aliphatic carbocycles. The molecule has 3 aromatic rings. The Kier molecular flexibility index (Phi) is 4.04. The number of anilines is 1. The van der Waals surface area contributed by atoms with Crippen molar-refractivity contribution in [2.24, 2.45) is 0 Å². The van der Waals surface area contributed by atoms with Gasteiger partial charge in [-0.2, -0.15) is 0 Å². The molecule has 0 saturated heterocycles. The van der Waals surface area contributed by atoms with Gasteiger partial charge in [-0.25, -0.2) is 0 Å². The molecule has 1 aromatic heterocycles. The van der Waals surface area contributed by atoms with E-state index >= 15 is 0 Å². The van der Waals surface area contributed by atoms with Crippen molar-refractivity contribution >= 4 is 17.0 Å². The van der Waals surface area contributed by atoms with Crippen LogP contribution in [0.25, 0.3) is 11.1 Å². The van der Waals surface area contributed by atoms with Crippen LogP contribution < -0.4 is 5.32 Å². The van der Waals surface area contributed by atoms with Crippen LogP contribution in [-0.2, 0) is 6.54 Å². The van der Waals surface area contributed by atoms with Gasteiger partial charge in [0.05, 0.1) is 0 Å². The highest BCUT2D eigenvalue weighted by Gasteiger charge is 2.02. The molecule has 1 heterocycles. The molecule has 1 N–H and O–H groups in total. The van der Waals surface area contributed by atoms with Crippen molar-refractivity contribution in [1.82, 2.24) is 0 Å². The van der Waals surface area contributed by atoms with E-state index in [1.165, 1.54) is 16.0 Å². The molecular formula is C19H15NS. The Morgan fingerprint density at radius 3 is 2.62 bits per heavy atom. The summed E-state index contributed by atoms with van der Waals surface area (Å²) in [6.45, 7) is 0.811. The van der Waals surface area contributed by atoms with Crippen LogP contribution in [0, 0.1) is 12.3 Å². The zero-order valence-electron chi connectivity index (χ0n) is 11.5. The zero-order valence-corrected chi connectivity index (χ0v) is 12.4. The molecule has 0 fully saturated rings. The summed E-state index contributed by atoms with van der Waals surface area (Å²) in [7, 11) is 0. The number of rotatable bonds is 4. The molecule has 0 amide bonds. The Morgan fingerprint density at radius 1 is 0.952 bits per heavy atom. The van der Waals surface area contributed by atoms with Gasteiger partial charge in [-0.15, -0.1) is 17.8 Å². The molecular weight excluding hydrogens is 274 g/mol. The quantitative estimate of drug-likeness (QED) is 0.666. The van der Waals surface area contributed by atoms with Crippen molar-refractivity contribution in [2.45, 2.75) is 6.54 Å². The van der Waals surface area contributed by atoms with Crippen molar-refractivity contribution < 1.29 is 0 Å². The molecule has 2 aromatic carbocycles. The summed E-state index contributed by atoms with van der Waals surface area (Å²) in [5.41, 5.74) is 4.49. The van der Waals surface area contributed by atoms with Crippen LogP contribution in [0.3, 0.4) is 0 Å². The first kappa shape index (κ1) is 13.5. The van der Waals surface area contributed by atoms with E-state index < -0.39 is 0 Å². The van der Waals surface area contributed by atoms with E-state index in [1.54, 1.807) is 11.3 Å². The van der Waals surface area contributed by atoms with Gasteiger partial charge in [-0.05, 0) is 40.8 Å². The maximum Gasteiger partial charge on any atom is 0.0494 e. The van der Waals surface area contributed by atoms with E-state index in [0.717, 1.165) is 17.8 Å². The topological polar surface area (TPSA) is 12.0 Å². The SMILES string of the molecule is C#Cc1cccc(NCc2cc(-c3ccccc3)cs2)c1. The van der Waals surface area contributed by atoms with E-state index in [2.05, 4.69) is 46.9 Å². The molecule has 0 bridgehead atoms. The fourth-order valence-electron chi connectivity index (χ4n) is 2.16. The minimum absolute atomic E-state index is 0.811. The molecule has 102 valence electrons. The van der Waals surface area contributed by atoms with Crippen molar-refractivity contribution in [1.29, 1.82) is 0 Å². The van der Waals surface area contributed by atoms with E-state index in [0.29, 0.717) is 0 Å². The van der Waals surface area contributed by atoms with Gasteiger partial charge in [0, 0.05) is 22.7 Å². The minimum Gasteiger partial charge on any atom is -0.380 e. The third kappa shape index (κ3) is 3.34. The standard InChI is InChI=1S/C19H15NS/c1-2-15-7-6-10-18(11-15)20-13-19-12-17(14-21-19)16-8-4-3-5-9-16/h1,3-12,14,20H,13H2. The van der Waals surface area contributed by atoms with Crippen LogP contribution in [0.2, 0.25) is 0 Å². The molecule has 0 aliphatic heterocycles. The summed E-state index contributed by atoms with van der Waals surface area (Å²) in [4.78, 5) is 1.31. The third-order valence-electron chi connectivity index (χ3n) is 3.26. The minimum atomic E-state index is 0.811. The van der Waals surface area contributed by atoms with Crippen LogP contribution >= 0.6 is 11.3 Å². The highest BCUT2D eigenvalue weighted by Crippen LogP contribution is 2.26. The van der Waals surface area contributed by atoms with Gasteiger partial charge in [-0.3, -0.25) is 0 Å². The van der Waals surface area contributed by atoms with Crippen molar-refractivity contribution in [3.8, 4) is 23.5 Å². The van der Waals surface area contributed by atoms with Crippen LogP contribution in [0.15, 0.2) is 66.0 Å². The fraction of sp³-hybridized carbons (Fsp3) is 0.0526. The smallest absolute Gasteiger partial charge is 0.0494 e. The molecule has 0 radical (unpaired) electrons. The lowest BCUT2D eigenvalue weighted by Crippen LogP contribution is -1.97. The van der Waals surface area contributed by atoms with E-state index in [-0.39, 0.29) is 0 Å². The predicted octanol–water partition coefficient (Wildman–Crippen LogP) is 5.01. The number of thiophene rings is 1. The monoisotopic (exact) mass is 289 g/mol. The van der Waals surface area contributed by atoms with Crippen molar-refractivity contribution in [3.63, 3.8) is 0 Å². The largest absolute Gasteiger partial charge is 0.380 e. The Labute approximate surface area is 129 Å². The normalized spacial score (nSPS) is 10.0. The lowest BCUT2D eigenvalue weighted by molar-refractivity contribution is 1.19. The summed E-state index contributed by atoms with van der Waals surface area (Å²) in [6.07, 6.45) is 5.42. The van der Waals surface area contributed by atoms with E-state index in [1.807, 2.05) is 30.3 Å². The molecule has 0 atom stereocenters. The summed E-state index contributed by atoms with van der Waals surface area (Å²) < 4.78 is 0. The second kappa shape index (κ2) is 6.30. The number of hydrogen-bond acceptors (Lipinski definition) is 2. The van der Waals surface area contributed by atoms with Gasteiger partial charge < -0.3 is 5.32 Å². The summed E-state index contributed by atoms with van der Waals surface area (Å²) in [5, 5.41) is 5.61. The molecule has 2 heteroatoms. The van der Waals surface area contributed by atoms with Crippen molar-refractivity contribution in [2.75, 3.05) is 5.32 Å². The van der Waals surface area contributed by atoms with Gasteiger partial charge in [0.25, 0.3) is 0 Å². The third-order valence-corrected chi connectivity index (χ3v) is 4.19. The Hall–Kier alpha value is -2.50. The number of hydrogen-bond donors (Lipinski definition) is 1. The molecule has 21 heavy (non-hydrogen) atoms. The average Bonchev–Trinajstić information content (AvgIpc) is 3.03. The molecule has 0 spiro atoms. The zero-order chi connectivity index (χ0) is 14.5. The van der Waals surface area contributed by atoms with Crippen LogP contribution in [0.5, 0.6) is 0 Å². The first-order valence-electron chi connectivity index (χ1n) is 6.78. The Bertz CT molecular complexity index is 766. The van der Waals surface area contributed by atoms with Crippen LogP contribution in [-0.4, -0.2) is 0 Å². The maximum atomic E-state index is 5.42. The Morgan fingerprint density at radius 2 is 1.81 bits per heavy atom. The highest BCUT2D eigenvalue weighted by molar-refractivity contribution is 7.10. The Balaban J connectivity index is 1.69. The molecule has 1 nitrogen and oxygen atoms in total. The first-order chi connectivity index (χ1) is 10.3. The highest BCUT2D eigenvalue weighted by atomic mass is 32.1. The van der Waals surface area contributed by atoms with Crippen LogP contribution in [0.4, 0.5) is 5.69 Å². The van der Waals surface area contributed by atoms with Gasteiger partial charge in [0.15, 0.2) is 0 Å². The van der Waals surface area contributed by atoms with Crippen molar-refractivity contribution in [3.05, 3.63) is 76.5 Å². The summed E-state index contributed by atoms with van der Waals surface area (Å²) in [6, 6.07) is 20.6. The summed E-state index contributed by atoms with van der Waals surface area (Å²) >= 11 is 1.77. The number of benzene rings is 2. The second-order valence-electron chi connectivity index (χ2n) is 4.75. The molecule has 0 aliphatic rings. The van der Waals surface area contributed by atoms with E-state index in [4.69, 9.17) is 6.42 Å². The average molecular weight is 289 g/mol. The van der Waals surface area contributed by atoms with Gasteiger partial charge in [-0.1, -0.05) is 42.3 Å². The lowest BCUT2D eigenvalue weighted by atomic mass is 10.1. The van der Waals surface area contributed by atoms with E-state index in [9.17, 15) is 0 Å². The molecule has 0 saturated carbocycles. The predicted molar refractivity (Wildman–Crippen MR) is 91.5 cm³/mol. The lowest BCUT2D eigenvalue weighted by Gasteiger charge is -2.05. The number of nitrogens with one attached hydrogen (secondary N) is 1. The van der Waals surface area contributed by atoms with Crippen LogP contribution in [0.1, 0.15) is 10.4 Å². The summed E-state index contributed by atoms with van der Waals surface area (Å²) in [5.74, 6) is 2.65. The molecule has 3 rings (SSSR count). The maximum absolute atomic E-state index is 5.42. The fourth-order valence-corrected chi connectivity index (χ4v) is 3.00. The van der Waals surface area contributed by atoms with Gasteiger partial charge >= 0.3 is 0 Å². The first-order valence-corrected chi connectivity index (χ1v) is 7.66.